The number of benzene rings is 6. The molecule has 5 N–H and O–H groups in total. The van der Waals surface area contributed by atoms with Crippen LogP contribution in [0, 0.1) is 11.7 Å². The van der Waals surface area contributed by atoms with Crippen molar-refractivity contribution < 1.29 is 28.4 Å². The quantitative estimate of drug-likeness (QED) is 0.0454. The number of anilines is 9. The number of hydrogen-bond acceptors (Lipinski definition) is 14. The molecule has 0 aliphatic carbocycles. The highest BCUT2D eigenvalue weighted by Gasteiger charge is 2.39. The van der Waals surface area contributed by atoms with Gasteiger partial charge in [0.2, 0.25) is 29.5 Å². The highest BCUT2D eigenvalue weighted by molar-refractivity contribution is 5.98. The van der Waals surface area contributed by atoms with Crippen LogP contribution in [0.5, 0.6) is 0 Å². The van der Waals surface area contributed by atoms with E-state index in [1.54, 1.807) is 12.1 Å². The Hall–Kier alpha value is -10.8. The number of rotatable bonds is 21. The smallest absolute Gasteiger partial charge is 0.226 e. The summed E-state index contributed by atoms with van der Waals surface area (Å²) in [5.41, 5.74) is 17.5. The molecule has 0 bridgehead atoms. The van der Waals surface area contributed by atoms with Crippen molar-refractivity contribution in [3.8, 4) is 0 Å². The van der Waals surface area contributed by atoms with Gasteiger partial charge < -0.3 is 56.0 Å². The lowest BCUT2D eigenvalue weighted by molar-refractivity contribution is -0.119. The Morgan fingerprint density at radius 3 is 1.02 bits per heavy atom. The van der Waals surface area contributed by atoms with E-state index < -0.39 is 0 Å². The van der Waals surface area contributed by atoms with Crippen LogP contribution < -0.4 is 51.1 Å². The van der Waals surface area contributed by atoms with Crippen LogP contribution in [0.3, 0.4) is 0 Å². The Labute approximate surface area is 757 Å². The maximum atomic E-state index is 13.9. The van der Waals surface area contributed by atoms with Crippen LogP contribution in [0.15, 0.2) is 195 Å². The SMILES string of the molecule is CCC(=O)N1c2ccc(F)cc2C(Nc2ccc(C(C)C)cc2)CC1C.CCC(=O)N1c2ccccc2C(NCC2CCN(C(C)C)CC2)CC1C.CCC(=O)N1c2ccccc2C(Nc2ccc(C(C)C)cn2)CC1C.CCC(=O)N1c2ccccc2C(Nc2ccc(C(C)C)nc2)CC1C.CCC(=O)N1c2ccccc2[C@H](Nc2ccc(C(C)C)cn2)C[C@@H]1C. The van der Waals surface area contributed by atoms with E-state index in [0.29, 0.717) is 67.9 Å². The number of carbonyl (C=O) groups excluding carboxylic acids is 5. The molecule has 8 unspecified atom stereocenters. The number of nitrogens with zero attached hydrogens (tertiary/aromatic N) is 9. The molecule has 1 saturated heterocycles. The van der Waals surface area contributed by atoms with Crippen molar-refractivity contribution in [1.82, 2.24) is 25.2 Å². The molecule has 6 aromatic carbocycles. The van der Waals surface area contributed by atoms with Crippen LogP contribution in [-0.4, -0.2) is 105 Å². The molecule has 6 aliphatic rings. The first-order valence-corrected chi connectivity index (χ1v) is 47.2. The average molecular weight is 1720 g/mol. The molecule has 0 spiro atoms. The number of aromatic nitrogens is 3. The fourth-order valence-electron chi connectivity index (χ4n) is 18.8. The summed E-state index contributed by atoms with van der Waals surface area (Å²) in [4.78, 5) is 88.0. The maximum Gasteiger partial charge on any atom is 0.226 e. The molecule has 9 heterocycles. The van der Waals surface area contributed by atoms with Crippen molar-refractivity contribution in [1.29, 1.82) is 0 Å². The molecular weight excluding hydrogens is 1580 g/mol. The molecule has 0 radical (unpaired) electrons. The standard InChI is InChI=1S/C22H27FN2O.C22H35N3O.3C21H27N3O/c1-5-22(26)25-15(4)12-20(19-13-17(23)8-11-21(19)25)24-18-9-6-16(7-10-18)14(2)3;1-5-22(26)25-17(4)14-20(19-8-6-7-9-21(19)25)23-15-18-10-12-24(13-11-18)16(2)3;1-5-21(25)24-15(4)12-19(17-8-6-7-9-20(17)24)23-16-10-11-18(14(2)3)22-13-16;2*1-5-21(25)24-15(4)12-18(17-8-6-7-9-19(17)24)23-20-11-10-16(13-22-20)14(2)3/h6-11,13-15,20,24H,5,12H2,1-4H3;6-9,16-18,20,23H,5,10-15H2,1-4H3;6-11,13-15,19,23H,5,12H2,1-4H3;2*6-11,13-15,18H,5,12H2,1-4H3,(H,22,23)/t;;;15-,18+;/m...0./s1. The van der Waals surface area contributed by atoms with Crippen molar-refractivity contribution in [3.05, 3.63) is 251 Å². The molecule has 5 amide bonds. The number of likely N-dealkylation sites (tertiary alicyclic amines) is 1. The summed E-state index contributed by atoms with van der Waals surface area (Å²) in [6, 6.07) is 60.9. The van der Waals surface area contributed by atoms with Gasteiger partial charge in [0.25, 0.3) is 0 Å². The van der Waals surface area contributed by atoms with E-state index in [-0.39, 0.29) is 89.7 Å². The Bertz CT molecular complexity index is 4760. The van der Waals surface area contributed by atoms with Gasteiger partial charge in [-0.2, -0.15) is 0 Å². The number of nitrogens with one attached hydrogen (secondary N) is 5. The summed E-state index contributed by atoms with van der Waals surface area (Å²) in [6.45, 7) is 45.6. The lowest BCUT2D eigenvalue weighted by atomic mass is 9.90. The zero-order chi connectivity index (χ0) is 91.4. The third-order valence-corrected chi connectivity index (χ3v) is 26.1. The van der Waals surface area contributed by atoms with Gasteiger partial charge in [-0.05, 0) is 260 Å². The van der Waals surface area contributed by atoms with Crippen LogP contribution in [0.25, 0.3) is 0 Å². The fourth-order valence-corrected chi connectivity index (χ4v) is 18.8. The van der Waals surface area contributed by atoms with E-state index in [0.717, 1.165) is 118 Å². The first-order chi connectivity index (χ1) is 60.9. The zero-order valence-corrected chi connectivity index (χ0v) is 79.3. The first-order valence-electron chi connectivity index (χ1n) is 47.2. The predicted octanol–water partition coefficient (Wildman–Crippen LogP) is 24.3. The van der Waals surface area contributed by atoms with E-state index in [1.165, 1.54) is 59.8 Å². The number of pyridine rings is 3. The lowest BCUT2D eigenvalue weighted by Gasteiger charge is -2.41. The van der Waals surface area contributed by atoms with Crippen LogP contribution in [-0.2, 0) is 24.0 Å². The summed E-state index contributed by atoms with van der Waals surface area (Å²) in [5, 5.41) is 18.1. The van der Waals surface area contributed by atoms with Gasteiger partial charge in [0.05, 0.1) is 36.1 Å². The second-order valence-electron chi connectivity index (χ2n) is 36.9. The van der Waals surface area contributed by atoms with Crippen LogP contribution in [0.4, 0.5) is 55.8 Å². The van der Waals surface area contributed by atoms with Gasteiger partial charge in [0.15, 0.2) is 0 Å². The lowest BCUT2D eigenvalue weighted by Crippen LogP contribution is -2.46. The largest absolute Gasteiger partial charge is 0.378 e. The second kappa shape index (κ2) is 45.2. The highest BCUT2D eigenvalue weighted by Crippen LogP contribution is 2.45. The van der Waals surface area contributed by atoms with Crippen molar-refractivity contribution >= 4 is 81.0 Å². The van der Waals surface area contributed by atoms with Gasteiger partial charge in [-0.3, -0.25) is 29.0 Å². The van der Waals surface area contributed by atoms with Crippen molar-refractivity contribution in [3.63, 3.8) is 0 Å². The number of halogens is 1. The summed E-state index contributed by atoms with van der Waals surface area (Å²) >= 11 is 0. The average Bonchev–Trinajstić information content (AvgIpc) is 0.796. The Morgan fingerprint density at radius 1 is 0.354 bits per heavy atom. The molecule has 10 atom stereocenters. The third-order valence-electron chi connectivity index (χ3n) is 26.1. The van der Waals surface area contributed by atoms with E-state index in [9.17, 15) is 28.4 Å². The number of hydrogen-bond donors (Lipinski definition) is 5. The third kappa shape index (κ3) is 24.1. The number of fused-ring (bicyclic) bond motifs is 5. The molecular formula is C107H143FN14O5. The summed E-state index contributed by atoms with van der Waals surface area (Å²) < 4.78 is 13.9. The van der Waals surface area contributed by atoms with E-state index in [2.05, 4.69) is 235 Å². The minimum atomic E-state index is -0.274. The van der Waals surface area contributed by atoms with Crippen LogP contribution in [0.1, 0.15) is 320 Å². The molecule has 20 heteroatoms. The normalized spacial score (nSPS) is 20.6. The van der Waals surface area contributed by atoms with E-state index >= 15 is 0 Å². The topological polar surface area (TPSA) is 204 Å². The fraction of sp³-hybridized carbons (Fsp3) is 0.477. The second-order valence-corrected chi connectivity index (χ2v) is 36.9. The van der Waals surface area contributed by atoms with Gasteiger partial charge in [0.1, 0.15) is 17.5 Å². The van der Waals surface area contributed by atoms with Gasteiger partial charge in [-0.25, -0.2) is 14.4 Å². The van der Waals surface area contributed by atoms with Gasteiger partial charge in [0, 0.05) is 132 Å². The molecule has 1 fully saturated rings. The molecule has 127 heavy (non-hydrogen) atoms. The number of carbonyl (C=O) groups is 5. The summed E-state index contributed by atoms with van der Waals surface area (Å²) in [6.07, 6.45) is 15.3. The summed E-state index contributed by atoms with van der Waals surface area (Å²) in [5.74, 6) is 4.97. The Kier molecular flexibility index (Phi) is 34.5. The van der Waals surface area contributed by atoms with Gasteiger partial charge in [-0.1, -0.05) is 187 Å². The number of amides is 5. The summed E-state index contributed by atoms with van der Waals surface area (Å²) in [7, 11) is 0. The number of piperidine rings is 1. The molecule has 3 aromatic heterocycles. The maximum absolute atomic E-state index is 13.9. The Morgan fingerprint density at radius 2 is 0.685 bits per heavy atom. The highest BCUT2D eigenvalue weighted by atomic mass is 19.1. The molecule has 0 saturated carbocycles. The molecule has 15 rings (SSSR count). The minimum absolute atomic E-state index is 0.0264. The molecule has 19 nitrogen and oxygen atoms in total. The van der Waals surface area contributed by atoms with Crippen molar-refractivity contribution in [2.75, 3.05) is 65.4 Å². The van der Waals surface area contributed by atoms with Crippen molar-refractivity contribution in [2.24, 2.45) is 5.92 Å². The number of para-hydroxylation sites is 4. The van der Waals surface area contributed by atoms with Crippen LogP contribution in [0.2, 0.25) is 0 Å². The van der Waals surface area contributed by atoms with E-state index in [4.69, 9.17) is 0 Å². The predicted molar refractivity (Wildman–Crippen MR) is 523 cm³/mol. The molecule has 9 aromatic rings. The zero-order valence-electron chi connectivity index (χ0n) is 79.3. The first kappa shape index (κ1) is 96.8. The molecule has 6 aliphatic heterocycles. The van der Waals surface area contributed by atoms with Crippen LogP contribution >= 0.6 is 0 Å². The van der Waals surface area contributed by atoms with Crippen molar-refractivity contribution in [2.45, 2.75) is 306 Å². The van der Waals surface area contributed by atoms with Gasteiger partial charge >= 0.3 is 0 Å². The molecule has 678 valence electrons. The monoisotopic (exact) mass is 1720 g/mol. The Balaban J connectivity index is 0.000000154. The minimum Gasteiger partial charge on any atom is -0.378 e. The van der Waals surface area contributed by atoms with Gasteiger partial charge in [-0.15, -0.1) is 0 Å². The van der Waals surface area contributed by atoms with E-state index in [1.807, 2.05) is 151 Å².